The first-order valence-corrected chi connectivity index (χ1v) is 9.11. The van der Waals surface area contributed by atoms with E-state index in [9.17, 15) is 4.79 Å². The maximum atomic E-state index is 12.3. The van der Waals surface area contributed by atoms with Crippen molar-refractivity contribution in [3.63, 3.8) is 0 Å². The normalized spacial score (nSPS) is 14.8. The van der Waals surface area contributed by atoms with Crippen molar-refractivity contribution in [1.82, 2.24) is 15.2 Å². The van der Waals surface area contributed by atoms with Crippen LogP contribution in [0.15, 0.2) is 42.6 Å². The topological polar surface area (TPSA) is 66.5 Å². The van der Waals surface area contributed by atoms with E-state index in [-0.39, 0.29) is 5.91 Å². The van der Waals surface area contributed by atoms with Gasteiger partial charge >= 0.3 is 0 Å². The highest BCUT2D eigenvalue weighted by atomic mass is 35.5. The molecule has 1 amide bonds. The maximum Gasteiger partial charge on any atom is 0.269 e. The second-order valence-electron chi connectivity index (χ2n) is 6.12. The highest BCUT2D eigenvalue weighted by molar-refractivity contribution is 6.30. The highest BCUT2D eigenvalue weighted by Crippen LogP contribution is 2.13. The number of halogens is 1. The third kappa shape index (κ3) is 5.69. The number of rotatable bonds is 7. The Hall–Kier alpha value is -2.15. The molecule has 0 bridgehead atoms. The zero-order chi connectivity index (χ0) is 18.2. The van der Waals surface area contributed by atoms with Crippen LogP contribution in [0.3, 0.4) is 0 Å². The van der Waals surface area contributed by atoms with Gasteiger partial charge in [0, 0.05) is 49.6 Å². The summed E-state index contributed by atoms with van der Waals surface area (Å²) in [7, 11) is 0. The lowest BCUT2D eigenvalue weighted by Gasteiger charge is -2.26. The zero-order valence-corrected chi connectivity index (χ0v) is 15.3. The van der Waals surface area contributed by atoms with E-state index in [1.165, 1.54) is 0 Å². The molecule has 3 rings (SSSR count). The monoisotopic (exact) mass is 374 g/mol. The molecule has 0 aliphatic carbocycles. The summed E-state index contributed by atoms with van der Waals surface area (Å²) in [5.41, 5.74) is 2.38. The number of nitrogens with zero attached hydrogens (tertiary/aromatic N) is 2. The van der Waals surface area contributed by atoms with Crippen LogP contribution in [0, 0.1) is 0 Å². The van der Waals surface area contributed by atoms with Crippen molar-refractivity contribution in [1.29, 1.82) is 0 Å². The molecule has 0 spiro atoms. The van der Waals surface area contributed by atoms with Crippen LogP contribution in [0.4, 0.5) is 5.69 Å². The zero-order valence-electron chi connectivity index (χ0n) is 14.6. The summed E-state index contributed by atoms with van der Waals surface area (Å²) in [5, 5.41) is 6.94. The fourth-order valence-electron chi connectivity index (χ4n) is 2.71. The van der Waals surface area contributed by atoms with Crippen molar-refractivity contribution >= 4 is 23.2 Å². The number of carbonyl (C=O) groups excluding carboxylic acids is 1. The van der Waals surface area contributed by atoms with Crippen molar-refractivity contribution < 1.29 is 9.53 Å². The molecule has 1 aromatic carbocycles. The summed E-state index contributed by atoms with van der Waals surface area (Å²) in [6.07, 6.45) is 1.64. The molecule has 26 heavy (non-hydrogen) atoms. The molecule has 0 saturated carbocycles. The average molecular weight is 375 g/mol. The van der Waals surface area contributed by atoms with Gasteiger partial charge in [-0.25, -0.2) is 0 Å². The summed E-state index contributed by atoms with van der Waals surface area (Å²) < 4.78 is 5.32. The lowest BCUT2D eigenvalue weighted by molar-refractivity contribution is 0.0383. The van der Waals surface area contributed by atoms with Gasteiger partial charge in [0.15, 0.2) is 0 Å². The van der Waals surface area contributed by atoms with Crippen LogP contribution in [0.2, 0.25) is 5.02 Å². The van der Waals surface area contributed by atoms with Crippen LogP contribution in [0.5, 0.6) is 0 Å². The first-order chi connectivity index (χ1) is 12.7. The fourth-order valence-corrected chi connectivity index (χ4v) is 2.84. The first-order valence-electron chi connectivity index (χ1n) is 8.73. The SMILES string of the molecule is O=C(NCCN1CCOCC1)c1cc(NCc2ccc(Cl)cc2)ccn1. The van der Waals surface area contributed by atoms with Crippen LogP contribution >= 0.6 is 11.6 Å². The molecule has 1 fully saturated rings. The molecule has 138 valence electrons. The van der Waals surface area contributed by atoms with E-state index >= 15 is 0 Å². The smallest absolute Gasteiger partial charge is 0.269 e. The van der Waals surface area contributed by atoms with Crippen LogP contribution in [0.25, 0.3) is 0 Å². The largest absolute Gasteiger partial charge is 0.381 e. The van der Waals surface area contributed by atoms with Gasteiger partial charge < -0.3 is 15.4 Å². The van der Waals surface area contributed by atoms with Crippen LogP contribution in [-0.4, -0.2) is 55.2 Å². The maximum absolute atomic E-state index is 12.3. The fraction of sp³-hybridized carbons (Fsp3) is 0.368. The molecule has 0 unspecified atom stereocenters. The van der Waals surface area contributed by atoms with Gasteiger partial charge in [-0.05, 0) is 29.8 Å². The van der Waals surface area contributed by atoms with E-state index < -0.39 is 0 Å². The van der Waals surface area contributed by atoms with Crippen molar-refractivity contribution in [2.24, 2.45) is 0 Å². The van der Waals surface area contributed by atoms with Gasteiger partial charge in [0.05, 0.1) is 13.2 Å². The predicted octanol–water partition coefficient (Wildman–Crippen LogP) is 2.41. The molecular formula is C19H23ClN4O2. The Morgan fingerprint density at radius 1 is 1.19 bits per heavy atom. The minimum atomic E-state index is -0.159. The number of nitrogens with one attached hydrogen (secondary N) is 2. The molecule has 1 aromatic heterocycles. The molecule has 1 saturated heterocycles. The Bertz CT molecular complexity index is 718. The molecule has 7 heteroatoms. The summed E-state index contributed by atoms with van der Waals surface area (Å²) in [4.78, 5) is 18.7. The number of amides is 1. The molecule has 1 aliphatic heterocycles. The van der Waals surface area contributed by atoms with Gasteiger partial charge in [0.1, 0.15) is 5.69 Å². The number of ether oxygens (including phenoxy) is 1. The molecule has 0 radical (unpaired) electrons. The van der Waals surface area contributed by atoms with E-state index in [1.807, 2.05) is 30.3 Å². The second kappa shape index (κ2) is 9.52. The highest BCUT2D eigenvalue weighted by Gasteiger charge is 2.11. The first kappa shape index (κ1) is 18.6. The molecule has 0 atom stereocenters. The van der Waals surface area contributed by atoms with E-state index in [4.69, 9.17) is 16.3 Å². The van der Waals surface area contributed by atoms with E-state index in [2.05, 4.69) is 20.5 Å². The standard InChI is InChI=1S/C19H23ClN4O2/c20-16-3-1-15(2-4-16)14-23-17-5-6-21-18(13-17)19(25)22-7-8-24-9-11-26-12-10-24/h1-6,13H,7-12,14H2,(H,21,23)(H,22,25). The van der Waals surface area contributed by atoms with Gasteiger partial charge in [0.2, 0.25) is 0 Å². The number of aromatic nitrogens is 1. The van der Waals surface area contributed by atoms with Gasteiger partial charge in [-0.3, -0.25) is 14.7 Å². The van der Waals surface area contributed by atoms with E-state index in [0.29, 0.717) is 23.8 Å². The summed E-state index contributed by atoms with van der Waals surface area (Å²) in [5.74, 6) is -0.159. The van der Waals surface area contributed by atoms with Crippen molar-refractivity contribution in [2.75, 3.05) is 44.7 Å². The summed E-state index contributed by atoms with van der Waals surface area (Å²) in [6, 6.07) is 11.3. The number of hydrogen-bond acceptors (Lipinski definition) is 5. The van der Waals surface area contributed by atoms with Gasteiger partial charge in [-0.15, -0.1) is 0 Å². The van der Waals surface area contributed by atoms with E-state index in [0.717, 1.165) is 44.1 Å². The molecule has 2 aromatic rings. The van der Waals surface area contributed by atoms with Crippen molar-refractivity contribution in [2.45, 2.75) is 6.54 Å². The predicted molar refractivity (Wildman–Crippen MR) is 103 cm³/mol. The van der Waals surface area contributed by atoms with Crippen molar-refractivity contribution in [3.8, 4) is 0 Å². The molecular weight excluding hydrogens is 352 g/mol. The van der Waals surface area contributed by atoms with Crippen molar-refractivity contribution in [3.05, 3.63) is 58.9 Å². The number of anilines is 1. The van der Waals surface area contributed by atoms with Gasteiger partial charge in [-0.1, -0.05) is 23.7 Å². The Morgan fingerprint density at radius 2 is 1.96 bits per heavy atom. The lowest BCUT2D eigenvalue weighted by atomic mass is 10.2. The quantitative estimate of drug-likeness (QED) is 0.779. The Kier molecular flexibility index (Phi) is 6.82. The summed E-state index contributed by atoms with van der Waals surface area (Å²) >= 11 is 5.89. The minimum Gasteiger partial charge on any atom is -0.381 e. The van der Waals surface area contributed by atoms with E-state index in [1.54, 1.807) is 12.3 Å². The number of carbonyl (C=O) groups is 1. The van der Waals surface area contributed by atoms with Crippen LogP contribution in [-0.2, 0) is 11.3 Å². The minimum absolute atomic E-state index is 0.159. The number of hydrogen-bond donors (Lipinski definition) is 2. The molecule has 2 heterocycles. The second-order valence-corrected chi connectivity index (χ2v) is 6.56. The van der Waals surface area contributed by atoms with Gasteiger partial charge in [-0.2, -0.15) is 0 Å². The van der Waals surface area contributed by atoms with Crippen LogP contribution in [0.1, 0.15) is 16.1 Å². The lowest BCUT2D eigenvalue weighted by Crippen LogP contribution is -2.41. The third-order valence-electron chi connectivity index (χ3n) is 4.22. The Morgan fingerprint density at radius 3 is 2.73 bits per heavy atom. The average Bonchev–Trinajstić information content (AvgIpc) is 2.68. The third-order valence-corrected chi connectivity index (χ3v) is 4.47. The number of pyridine rings is 1. The molecule has 2 N–H and O–H groups in total. The number of morpholine rings is 1. The Balaban J connectivity index is 1.47. The number of benzene rings is 1. The van der Waals surface area contributed by atoms with Crippen LogP contribution < -0.4 is 10.6 Å². The molecule has 6 nitrogen and oxygen atoms in total. The van der Waals surface area contributed by atoms with Gasteiger partial charge in [0.25, 0.3) is 5.91 Å². The summed E-state index contributed by atoms with van der Waals surface area (Å²) in [6.45, 7) is 5.43. The Labute approximate surface area is 158 Å². The molecule has 1 aliphatic rings.